The van der Waals surface area contributed by atoms with E-state index in [1.807, 2.05) is 40.1 Å². The number of ether oxygens (including phenoxy) is 1. The quantitative estimate of drug-likeness (QED) is 0.357. The van der Waals surface area contributed by atoms with Gasteiger partial charge in [-0.25, -0.2) is 8.42 Å². The Morgan fingerprint density at radius 1 is 1.03 bits per heavy atom. The second kappa shape index (κ2) is 10.6. The lowest BCUT2D eigenvalue weighted by molar-refractivity contribution is -0.384. The first-order chi connectivity index (χ1) is 16.4. The van der Waals surface area contributed by atoms with E-state index >= 15 is 0 Å². The van der Waals surface area contributed by atoms with Gasteiger partial charge < -0.3 is 19.9 Å². The monoisotopic (exact) mass is 505 g/mol. The lowest BCUT2D eigenvalue weighted by Crippen LogP contribution is -2.51. The summed E-state index contributed by atoms with van der Waals surface area (Å²) >= 11 is 5.52. The van der Waals surface area contributed by atoms with Gasteiger partial charge in [-0.05, 0) is 29.9 Å². The Bertz CT molecular complexity index is 1130. The summed E-state index contributed by atoms with van der Waals surface area (Å²) in [6.07, 6.45) is 0. The number of benzene rings is 2. The number of nitrogens with one attached hydrogen (secondary N) is 1. The number of rotatable bonds is 6. The predicted octanol–water partition coefficient (Wildman–Crippen LogP) is 1.81. The van der Waals surface area contributed by atoms with E-state index in [-0.39, 0.29) is 23.7 Å². The van der Waals surface area contributed by atoms with Crippen LogP contribution in [0.1, 0.15) is 5.56 Å². The molecule has 0 amide bonds. The molecule has 2 heterocycles. The minimum atomic E-state index is -3.82. The summed E-state index contributed by atoms with van der Waals surface area (Å²) in [6, 6.07) is 14.1. The number of piperazine rings is 1. The molecule has 1 N–H and O–H groups in total. The van der Waals surface area contributed by atoms with Gasteiger partial charge in [0.1, 0.15) is 5.69 Å². The second-order valence-corrected chi connectivity index (χ2v) is 10.4. The van der Waals surface area contributed by atoms with Gasteiger partial charge >= 0.3 is 0 Å². The van der Waals surface area contributed by atoms with E-state index in [0.717, 1.165) is 5.56 Å². The van der Waals surface area contributed by atoms with Crippen LogP contribution in [0, 0.1) is 10.1 Å². The molecule has 0 bridgehead atoms. The van der Waals surface area contributed by atoms with E-state index < -0.39 is 14.9 Å². The zero-order valence-electron chi connectivity index (χ0n) is 18.6. The highest BCUT2D eigenvalue weighted by Crippen LogP contribution is 2.32. The molecule has 2 aromatic carbocycles. The molecule has 182 valence electrons. The molecule has 0 atom stereocenters. The van der Waals surface area contributed by atoms with Crippen molar-refractivity contribution in [2.24, 2.45) is 0 Å². The van der Waals surface area contributed by atoms with Crippen LogP contribution in [0.25, 0.3) is 0 Å². The van der Waals surface area contributed by atoms with Crippen LogP contribution in [0.4, 0.5) is 11.4 Å². The Hall–Kier alpha value is -2.80. The number of hydrogen-bond acceptors (Lipinski definition) is 7. The van der Waals surface area contributed by atoms with E-state index in [9.17, 15) is 18.5 Å². The molecule has 12 heteroatoms. The van der Waals surface area contributed by atoms with Crippen molar-refractivity contribution in [2.45, 2.75) is 11.4 Å². The fraction of sp³-hybridized carbons (Fsp3) is 0.409. The molecule has 2 saturated heterocycles. The normalized spacial score (nSPS) is 17.4. The van der Waals surface area contributed by atoms with Crippen LogP contribution in [0.5, 0.6) is 0 Å². The van der Waals surface area contributed by atoms with Crippen molar-refractivity contribution < 1.29 is 18.1 Å². The summed E-state index contributed by atoms with van der Waals surface area (Å²) in [7, 11) is -3.82. The van der Waals surface area contributed by atoms with Gasteiger partial charge in [0.25, 0.3) is 5.69 Å². The van der Waals surface area contributed by atoms with Crippen molar-refractivity contribution in [2.75, 3.05) is 57.4 Å². The largest absolute Gasteiger partial charge is 0.379 e. The number of morpholine rings is 1. The Morgan fingerprint density at radius 3 is 2.35 bits per heavy atom. The maximum absolute atomic E-state index is 12.9. The molecule has 4 rings (SSSR count). The maximum atomic E-state index is 12.9. The fourth-order valence-electron chi connectivity index (χ4n) is 4.05. The first-order valence-corrected chi connectivity index (χ1v) is 12.9. The number of nitro groups is 1. The molecule has 2 fully saturated rings. The highest BCUT2D eigenvalue weighted by Gasteiger charge is 2.31. The lowest BCUT2D eigenvalue weighted by Gasteiger charge is -2.37. The summed E-state index contributed by atoms with van der Waals surface area (Å²) in [6.45, 7) is 3.99. The van der Waals surface area contributed by atoms with Crippen molar-refractivity contribution in [3.8, 4) is 0 Å². The summed E-state index contributed by atoms with van der Waals surface area (Å²) < 4.78 is 32.4. The Balaban J connectivity index is 1.42. The molecule has 0 aliphatic carbocycles. The molecule has 34 heavy (non-hydrogen) atoms. The van der Waals surface area contributed by atoms with Crippen LogP contribution in [0.2, 0.25) is 0 Å². The van der Waals surface area contributed by atoms with Crippen LogP contribution >= 0.6 is 12.2 Å². The minimum Gasteiger partial charge on any atom is -0.379 e. The summed E-state index contributed by atoms with van der Waals surface area (Å²) in [5, 5.41) is 15.7. The van der Waals surface area contributed by atoms with Crippen molar-refractivity contribution in [3.05, 3.63) is 64.2 Å². The molecule has 0 radical (unpaired) electrons. The molecule has 0 aromatic heterocycles. The highest BCUT2D eigenvalue weighted by atomic mass is 32.2. The van der Waals surface area contributed by atoms with Crippen molar-refractivity contribution >= 4 is 38.7 Å². The SMILES string of the molecule is O=[N+]([O-])c1cc(S(=O)(=O)N2CCOCC2)ccc1N1CCN(C(=S)NCc2ccccc2)CC1. The van der Waals surface area contributed by atoms with E-state index in [4.69, 9.17) is 17.0 Å². The van der Waals surface area contributed by atoms with Gasteiger partial charge in [0, 0.05) is 51.9 Å². The molecule has 2 aliphatic heterocycles. The van der Waals surface area contributed by atoms with Gasteiger partial charge in [-0.2, -0.15) is 4.31 Å². The minimum absolute atomic E-state index is 0.0743. The molecule has 2 aliphatic rings. The van der Waals surface area contributed by atoms with Crippen molar-refractivity contribution in [1.82, 2.24) is 14.5 Å². The van der Waals surface area contributed by atoms with Crippen LogP contribution in [0.3, 0.4) is 0 Å². The van der Waals surface area contributed by atoms with Crippen LogP contribution in [-0.2, 0) is 21.3 Å². The third kappa shape index (κ3) is 5.46. The zero-order valence-corrected chi connectivity index (χ0v) is 20.3. The molecule has 10 nitrogen and oxygen atoms in total. The molecule has 0 spiro atoms. The fourth-order valence-corrected chi connectivity index (χ4v) is 5.73. The van der Waals surface area contributed by atoms with E-state index in [2.05, 4.69) is 5.32 Å². The summed E-state index contributed by atoms with van der Waals surface area (Å²) in [5.74, 6) is 0. The molecular formula is C22H27N5O5S2. The van der Waals surface area contributed by atoms with Gasteiger partial charge in [-0.1, -0.05) is 30.3 Å². The third-order valence-corrected chi connectivity index (χ3v) is 8.24. The van der Waals surface area contributed by atoms with Crippen LogP contribution in [-0.4, -0.2) is 80.1 Å². The van der Waals surface area contributed by atoms with E-state index in [1.54, 1.807) is 0 Å². The van der Waals surface area contributed by atoms with Gasteiger partial charge in [-0.3, -0.25) is 10.1 Å². The smallest absolute Gasteiger partial charge is 0.293 e. The highest BCUT2D eigenvalue weighted by molar-refractivity contribution is 7.89. The van der Waals surface area contributed by atoms with Gasteiger partial charge in [0.05, 0.1) is 23.0 Å². The molecule has 0 unspecified atom stereocenters. The Kier molecular flexibility index (Phi) is 7.61. The molecule has 2 aromatic rings. The molecular weight excluding hydrogens is 478 g/mol. The topological polar surface area (TPSA) is 108 Å². The average molecular weight is 506 g/mol. The van der Waals surface area contributed by atoms with E-state index in [1.165, 1.54) is 22.5 Å². The zero-order chi connectivity index (χ0) is 24.1. The third-order valence-electron chi connectivity index (χ3n) is 5.95. The summed E-state index contributed by atoms with van der Waals surface area (Å²) in [4.78, 5) is 15.2. The van der Waals surface area contributed by atoms with E-state index in [0.29, 0.717) is 56.7 Å². The second-order valence-electron chi connectivity index (χ2n) is 8.04. The maximum Gasteiger partial charge on any atom is 0.293 e. The van der Waals surface area contributed by atoms with Crippen LogP contribution in [0.15, 0.2) is 53.4 Å². The first-order valence-electron chi connectivity index (χ1n) is 11.0. The van der Waals surface area contributed by atoms with Gasteiger partial charge in [0.15, 0.2) is 5.11 Å². The van der Waals surface area contributed by atoms with Gasteiger partial charge in [-0.15, -0.1) is 0 Å². The molecule has 0 saturated carbocycles. The Morgan fingerprint density at radius 2 is 1.71 bits per heavy atom. The van der Waals surface area contributed by atoms with Crippen molar-refractivity contribution in [1.29, 1.82) is 0 Å². The number of thiocarbonyl (C=S) groups is 1. The Labute approximate surface area is 204 Å². The predicted molar refractivity (Wildman–Crippen MR) is 132 cm³/mol. The van der Waals surface area contributed by atoms with Crippen LogP contribution < -0.4 is 10.2 Å². The number of nitro benzene ring substituents is 1. The number of hydrogen-bond donors (Lipinski definition) is 1. The number of nitrogens with zero attached hydrogens (tertiary/aromatic N) is 4. The number of sulfonamides is 1. The summed E-state index contributed by atoms with van der Waals surface area (Å²) in [5.41, 5.74) is 1.33. The number of anilines is 1. The first kappa shape index (κ1) is 24.3. The average Bonchev–Trinajstić information content (AvgIpc) is 2.88. The lowest BCUT2D eigenvalue weighted by atomic mass is 10.2. The van der Waals surface area contributed by atoms with Gasteiger partial charge in [0.2, 0.25) is 10.0 Å². The van der Waals surface area contributed by atoms with Crippen molar-refractivity contribution in [3.63, 3.8) is 0 Å². The standard InChI is InChI=1S/C22H27N5O5S2/c28-27(29)21-16-19(34(30,31)26-12-14-32-15-13-26)6-7-20(21)24-8-10-25(11-9-24)22(33)23-17-18-4-2-1-3-5-18/h1-7,16H,8-15,17H2,(H,23,33).